The van der Waals surface area contributed by atoms with Gasteiger partial charge >= 0.3 is 5.97 Å². The topological polar surface area (TPSA) is 79.7 Å². The van der Waals surface area contributed by atoms with Gasteiger partial charge < -0.3 is 14.7 Å². The Morgan fingerprint density at radius 3 is 2.55 bits per heavy atom. The van der Waals surface area contributed by atoms with Crippen molar-refractivity contribution >= 4 is 28.9 Å². The van der Waals surface area contributed by atoms with Crippen molar-refractivity contribution < 1.29 is 19.4 Å². The second-order valence-corrected chi connectivity index (χ2v) is 11.3. The third kappa shape index (κ3) is 6.34. The number of carbonyl (C=O) groups is 2. The Morgan fingerprint density at radius 2 is 1.97 bits per heavy atom. The highest BCUT2D eigenvalue weighted by Crippen LogP contribution is 2.40. The molecule has 1 atom stereocenters. The average Bonchev–Trinajstić information content (AvgIpc) is 3.21. The van der Waals surface area contributed by atoms with Crippen LogP contribution in [0, 0.1) is 11.8 Å². The van der Waals surface area contributed by atoms with Crippen molar-refractivity contribution in [3.8, 4) is 5.75 Å². The van der Waals surface area contributed by atoms with E-state index in [1.807, 2.05) is 25.1 Å². The van der Waals surface area contributed by atoms with Gasteiger partial charge in [-0.15, -0.1) is 11.3 Å². The first kappa shape index (κ1) is 25.2. The summed E-state index contributed by atoms with van der Waals surface area (Å²) < 4.78 is 5.82. The molecule has 0 unspecified atom stereocenters. The maximum Gasteiger partial charge on any atom is 0.348 e. The van der Waals surface area contributed by atoms with E-state index in [9.17, 15) is 14.7 Å². The molecule has 1 aliphatic carbocycles. The Morgan fingerprint density at radius 1 is 1.27 bits per heavy atom. The third-order valence-electron chi connectivity index (χ3n) is 6.39. The number of ether oxygens (including phenoxy) is 1. The van der Waals surface area contributed by atoms with Crippen LogP contribution in [0.15, 0.2) is 30.6 Å². The van der Waals surface area contributed by atoms with E-state index < -0.39 is 5.97 Å². The summed E-state index contributed by atoms with van der Waals surface area (Å²) in [5.74, 6) is 0.301. The molecule has 1 aliphatic rings. The predicted molar refractivity (Wildman–Crippen MR) is 132 cm³/mol. The first-order valence-corrected chi connectivity index (χ1v) is 12.6. The van der Waals surface area contributed by atoms with Crippen LogP contribution in [0.2, 0.25) is 0 Å². The molecule has 1 saturated carbocycles. The zero-order valence-electron chi connectivity index (χ0n) is 20.3. The minimum absolute atomic E-state index is 0.0385. The monoisotopic (exact) mass is 472 g/mol. The van der Waals surface area contributed by atoms with Gasteiger partial charge in [-0.3, -0.25) is 9.78 Å². The number of pyridine rings is 1. The van der Waals surface area contributed by atoms with Crippen LogP contribution in [0.25, 0.3) is 0 Å². The summed E-state index contributed by atoms with van der Waals surface area (Å²) in [7, 11) is 0. The van der Waals surface area contributed by atoms with Crippen molar-refractivity contribution in [1.82, 2.24) is 4.98 Å². The number of aromatic carboxylic acids is 1. The van der Waals surface area contributed by atoms with Crippen molar-refractivity contribution in [2.24, 2.45) is 11.8 Å². The van der Waals surface area contributed by atoms with Crippen molar-refractivity contribution in [2.75, 3.05) is 11.5 Å². The fourth-order valence-electron chi connectivity index (χ4n) is 4.27. The van der Waals surface area contributed by atoms with Crippen LogP contribution in [-0.4, -0.2) is 34.6 Å². The smallest absolute Gasteiger partial charge is 0.348 e. The highest BCUT2D eigenvalue weighted by atomic mass is 32.1. The van der Waals surface area contributed by atoms with Crippen LogP contribution in [-0.2, 0) is 10.2 Å². The maximum absolute atomic E-state index is 13.8. The lowest BCUT2D eigenvalue weighted by Gasteiger charge is -2.35. The number of carboxylic acid groups (broad SMARTS) is 1. The number of amides is 1. The number of hydrogen-bond acceptors (Lipinski definition) is 5. The van der Waals surface area contributed by atoms with Gasteiger partial charge in [-0.1, -0.05) is 27.7 Å². The second-order valence-electron chi connectivity index (χ2n) is 10.2. The summed E-state index contributed by atoms with van der Waals surface area (Å²) >= 11 is 1.27. The van der Waals surface area contributed by atoms with Gasteiger partial charge in [0.25, 0.3) is 0 Å². The molecule has 0 saturated heterocycles. The number of nitrogens with zero attached hydrogens (tertiary/aromatic N) is 2. The van der Waals surface area contributed by atoms with Crippen LogP contribution in [0.5, 0.6) is 5.75 Å². The van der Waals surface area contributed by atoms with Crippen LogP contribution < -0.4 is 9.64 Å². The minimum Gasteiger partial charge on any atom is -0.492 e. The van der Waals surface area contributed by atoms with Gasteiger partial charge in [-0.05, 0) is 62.1 Å². The molecule has 0 radical (unpaired) electrons. The summed E-state index contributed by atoms with van der Waals surface area (Å²) in [6.07, 6.45) is 7.72. The average molecular weight is 473 g/mol. The molecule has 0 aliphatic heterocycles. The quantitative estimate of drug-likeness (QED) is 0.498. The molecule has 33 heavy (non-hydrogen) atoms. The number of anilines is 1. The SMILES string of the molecule is CC1CCC(C(=O)N(c2cc(C(C)(C)C)sc2C(=O)O)[C@@H](C)CCOc2cccnc2)CC1. The summed E-state index contributed by atoms with van der Waals surface area (Å²) in [6.45, 7) is 10.8. The molecule has 2 aromatic heterocycles. The lowest BCUT2D eigenvalue weighted by molar-refractivity contribution is -0.124. The van der Waals surface area contributed by atoms with Crippen molar-refractivity contribution in [3.63, 3.8) is 0 Å². The Bertz CT molecular complexity index is 943. The Labute approximate surface area is 201 Å². The molecule has 0 aromatic carbocycles. The zero-order chi connectivity index (χ0) is 24.2. The van der Waals surface area contributed by atoms with Crippen molar-refractivity contribution in [3.05, 3.63) is 40.3 Å². The van der Waals surface area contributed by atoms with E-state index in [0.29, 0.717) is 30.4 Å². The number of rotatable bonds is 8. The Kier molecular flexibility index (Phi) is 8.16. The van der Waals surface area contributed by atoms with Crippen LogP contribution >= 0.6 is 11.3 Å². The fraction of sp³-hybridized carbons (Fsp3) is 0.577. The first-order valence-electron chi connectivity index (χ1n) is 11.8. The van der Waals surface area contributed by atoms with E-state index in [0.717, 1.165) is 30.6 Å². The molecule has 180 valence electrons. The predicted octanol–water partition coefficient (Wildman–Crippen LogP) is 6.16. The number of carbonyl (C=O) groups excluding carboxylic acids is 1. The molecule has 7 heteroatoms. The first-order chi connectivity index (χ1) is 15.6. The fourth-order valence-corrected chi connectivity index (χ4v) is 5.31. The van der Waals surface area contributed by atoms with E-state index in [2.05, 4.69) is 32.7 Å². The highest BCUT2D eigenvalue weighted by Gasteiger charge is 2.35. The molecular formula is C26H36N2O4S. The molecule has 1 N–H and O–H groups in total. The molecule has 0 bridgehead atoms. The Hall–Kier alpha value is -2.41. The summed E-state index contributed by atoms with van der Waals surface area (Å²) in [5, 5.41) is 9.97. The van der Waals surface area contributed by atoms with Gasteiger partial charge in [0, 0.05) is 29.5 Å². The number of aromatic nitrogens is 1. The minimum atomic E-state index is -0.987. The van der Waals surface area contributed by atoms with Crippen LogP contribution in [0.4, 0.5) is 5.69 Å². The number of carboxylic acids is 1. The van der Waals surface area contributed by atoms with E-state index in [1.165, 1.54) is 11.3 Å². The third-order valence-corrected chi connectivity index (χ3v) is 7.93. The molecule has 6 nitrogen and oxygen atoms in total. The van der Waals surface area contributed by atoms with Crippen molar-refractivity contribution in [1.29, 1.82) is 0 Å². The van der Waals surface area contributed by atoms with Gasteiger partial charge in [-0.25, -0.2) is 4.79 Å². The largest absolute Gasteiger partial charge is 0.492 e. The molecular weight excluding hydrogens is 436 g/mol. The van der Waals surface area contributed by atoms with Gasteiger partial charge in [0.2, 0.25) is 5.91 Å². The van der Waals surface area contributed by atoms with Gasteiger partial charge in [0.05, 0.1) is 18.5 Å². The summed E-state index contributed by atoms with van der Waals surface area (Å²) in [4.78, 5) is 33.0. The lowest BCUT2D eigenvalue weighted by atomic mass is 9.82. The van der Waals surface area contributed by atoms with E-state index in [4.69, 9.17) is 4.74 Å². The summed E-state index contributed by atoms with van der Waals surface area (Å²) in [6, 6.07) is 5.38. The number of hydrogen-bond donors (Lipinski definition) is 1. The molecule has 2 aromatic rings. The lowest BCUT2D eigenvalue weighted by Crippen LogP contribution is -2.44. The van der Waals surface area contributed by atoms with Crippen molar-refractivity contribution in [2.45, 2.75) is 78.2 Å². The van der Waals surface area contributed by atoms with Gasteiger partial charge in [0.1, 0.15) is 10.6 Å². The summed E-state index contributed by atoms with van der Waals surface area (Å²) in [5.41, 5.74) is 0.323. The van der Waals surface area contributed by atoms with E-state index >= 15 is 0 Å². The van der Waals surface area contributed by atoms with Crippen LogP contribution in [0.3, 0.4) is 0 Å². The molecule has 1 amide bonds. The molecule has 3 rings (SSSR count). The normalized spacial score (nSPS) is 19.7. The van der Waals surface area contributed by atoms with E-state index in [1.54, 1.807) is 17.3 Å². The molecule has 2 heterocycles. The van der Waals surface area contributed by atoms with Gasteiger partial charge in [-0.2, -0.15) is 0 Å². The highest BCUT2D eigenvalue weighted by molar-refractivity contribution is 7.14. The van der Waals surface area contributed by atoms with Gasteiger partial charge in [0.15, 0.2) is 0 Å². The second kappa shape index (κ2) is 10.7. The van der Waals surface area contributed by atoms with Crippen LogP contribution in [0.1, 0.15) is 81.3 Å². The number of thiophene rings is 1. The Balaban J connectivity index is 1.89. The standard InChI is InChI=1S/C26H36N2O4S/c1-17-8-10-19(11-9-17)24(29)28(18(2)12-14-32-20-7-6-13-27-16-20)21-15-22(26(3,4)5)33-23(21)25(30)31/h6-7,13,15-19H,8-12,14H2,1-5H3,(H,30,31)/t17?,18-,19?/m0/s1. The maximum atomic E-state index is 13.8. The molecule has 0 spiro atoms. The molecule has 1 fully saturated rings. The van der Waals surface area contributed by atoms with E-state index in [-0.39, 0.29) is 28.2 Å². The zero-order valence-corrected chi connectivity index (χ0v) is 21.2.